The van der Waals surface area contributed by atoms with Gasteiger partial charge in [0.1, 0.15) is 0 Å². The molecule has 0 aliphatic rings. The molecule has 1 aromatic heterocycles. The van der Waals surface area contributed by atoms with Gasteiger partial charge in [-0.05, 0) is 25.0 Å². The van der Waals surface area contributed by atoms with E-state index in [0.717, 1.165) is 0 Å². The number of rotatable bonds is 4. The van der Waals surface area contributed by atoms with E-state index in [-0.39, 0.29) is 13.0 Å². The number of aromatic nitrogens is 1. The van der Waals surface area contributed by atoms with Crippen molar-refractivity contribution in [2.75, 3.05) is 6.61 Å². The van der Waals surface area contributed by atoms with E-state index in [1.165, 1.54) is 0 Å². The zero-order valence-electron chi connectivity index (χ0n) is 7.45. The van der Waals surface area contributed by atoms with Crippen LogP contribution in [0.15, 0.2) is 18.5 Å². The molecule has 0 aliphatic carbocycles. The Labute approximate surface area is 76.2 Å². The molecule has 1 heterocycles. The Bertz CT molecular complexity index is 281. The Morgan fingerprint density at radius 2 is 2.38 bits per heavy atom. The van der Waals surface area contributed by atoms with Crippen molar-refractivity contribution in [3.63, 3.8) is 0 Å². The van der Waals surface area contributed by atoms with E-state index in [2.05, 4.69) is 4.98 Å². The molecule has 0 aromatic carbocycles. The topological polar surface area (TPSA) is 73.3 Å². The van der Waals surface area contributed by atoms with Gasteiger partial charge in [0.25, 0.3) is 0 Å². The van der Waals surface area contributed by atoms with Crippen molar-refractivity contribution in [2.45, 2.75) is 18.8 Å². The fourth-order valence-corrected chi connectivity index (χ4v) is 1.27. The van der Waals surface area contributed by atoms with Crippen molar-refractivity contribution in [3.8, 4) is 0 Å². The third-order valence-corrected chi connectivity index (χ3v) is 2.32. The van der Waals surface area contributed by atoms with Gasteiger partial charge in [-0.25, -0.2) is 0 Å². The second kappa shape index (κ2) is 3.62. The predicted octanol–water partition coefficient (Wildman–Crippen LogP) is 0.739. The highest BCUT2D eigenvalue weighted by Gasteiger charge is 2.34. The summed E-state index contributed by atoms with van der Waals surface area (Å²) in [6, 6.07) is 1.71. The van der Waals surface area contributed by atoms with Crippen molar-refractivity contribution < 1.29 is 15.0 Å². The third kappa shape index (κ3) is 1.72. The first-order chi connectivity index (χ1) is 6.11. The van der Waals surface area contributed by atoms with Crippen LogP contribution in [0.1, 0.15) is 18.9 Å². The summed E-state index contributed by atoms with van der Waals surface area (Å²) in [4.78, 5) is 13.8. The summed E-state index contributed by atoms with van der Waals surface area (Å²) < 4.78 is 0. The van der Waals surface area contributed by atoms with Gasteiger partial charge in [0.2, 0.25) is 0 Å². The molecule has 1 rings (SSSR count). The number of aliphatic hydroxyl groups is 1. The lowest BCUT2D eigenvalue weighted by atomic mass is 9.81. The lowest BCUT2D eigenvalue weighted by Gasteiger charge is -2.22. The lowest BCUT2D eigenvalue weighted by Crippen LogP contribution is -2.33. The largest absolute Gasteiger partial charge is 0.481 e. The maximum absolute atomic E-state index is 11.0. The first-order valence-electron chi connectivity index (χ1n) is 4.09. The number of hydrogen-bond donors (Lipinski definition) is 3. The maximum Gasteiger partial charge on any atom is 0.313 e. The van der Waals surface area contributed by atoms with Crippen molar-refractivity contribution in [3.05, 3.63) is 24.0 Å². The summed E-state index contributed by atoms with van der Waals surface area (Å²) in [5, 5.41) is 17.8. The summed E-state index contributed by atoms with van der Waals surface area (Å²) in [5.41, 5.74) is -0.302. The Balaban J connectivity index is 2.98. The number of carboxylic acid groups (broad SMARTS) is 1. The first kappa shape index (κ1) is 9.80. The zero-order valence-corrected chi connectivity index (χ0v) is 7.45. The van der Waals surface area contributed by atoms with Crippen LogP contribution in [0, 0.1) is 0 Å². The standard InChI is InChI=1S/C9H13NO3/c1-9(3-5-11,8(12)13)7-2-4-10-6-7/h2,4,6,10-11H,3,5H2,1H3,(H,12,13). The van der Waals surface area contributed by atoms with Gasteiger partial charge in [-0.3, -0.25) is 4.79 Å². The van der Waals surface area contributed by atoms with E-state index in [1.54, 1.807) is 25.4 Å². The molecule has 0 spiro atoms. The van der Waals surface area contributed by atoms with E-state index < -0.39 is 11.4 Å². The molecule has 72 valence electrons. The van der Waals surface area contributed by atoms with Gasteiger partial charge in [0.05, 0.1) is 5.41 Å². The van der Waals surface area contributed by atoms with E-state index in [9.17, 15) is 4.79 Å². The minimum atomic E-state index is -0.991. The average molecular weight is 183 g/mol. The van der Waals surface area contributed by atoms with Crippen molar-refractivity contribution in [1.82, 2.24) is 4.98 Å². The SMILES string of the molecule is CC(CCO)(C(=O)O)c1cc[nH]c1. The Morgan fingerprint density at radius 3 is 2.77 bits per heavy atom. The van der Waals surface area contributed by atoms with Crippen molar-refractivity contribution in [1.29, 1.82) is 0 Å². The number of hydrogen-bond acceptors (Lipinski definition) is 2. The van der Waals surface area contributed by atoms with E-state index in [0.29, 0.717) is 5.56 Å². The highest BCUT2D eigenvalue weighted by molar-refractivity contribution is 5.80. The van der Waals surface area contributed by atoms with Crippen molar-refractivity contribution >= 4 is 5.97 Å². The molecule has 13 heavy (non-hydrogen) atoms. The normalized spacial score (nSPS) is 15.2. The zero-order chi connectivity index (χ0) is 9.90. The Hall–Kier alpha value is -1.29. The van der Waals surface area contributed by atoms with Gasteiger partial charge in [-0.15, -0.1) is 0 Å². The van der Waals surface area contributed by atoms with Gasteiger partial charge in [0.15, 0.2) is 0 Å². The number of H-pyrrole nitrogens is 1. The minimum absolute atomic E-state index is 0.131. The molecule has 4 nitrogen and oxygen atoms in total. The predicted molar refractivity (Wildman–Crippen MR) is 47.5 cm³/mol. The summed E-state index contributed by atoms with van der Waals surface area (Å²) >= 11 is 0. The van der Waals surface area contributed by atoms with E-state index in [4.69, 9.17) is 10.2 Å². The van der Waals surface area contributed by atoms with Gasteiger partial charge in [-0.1, -0.05) is 0 Å². The van der Waals surface area contributed by atoms with Crippen LogP contribution in [0.25, 0.3) is 0 Å². The molecule has 1 unspecified atom stereocenters. The molecule has 0 saturated carbocycles. The third-order valence-electron chi connectivity index (χ3n) is 2.32. The molecule has 4 heteroatoms. The minimum Gasteiger partial charge on any atom is -0.481 e. The number of carbonyl (C=O) groups is 1. The van der Waals surface area contributed by atoms with Crippen LogP contribution in [0.5, 0.6) is 0 Å². The molecule has 0 aliphatic heterocycles. The van der Waals surface area contributed by atoms with Gasteiger partial charge in [0, 0.05) is 19.0 Å². The lowest BCUT2D eigenvalue weighted by molar-refractivity contribution is -0.143. The molecule has 0 fully saturated rings. The Kier molecular flexibility index (Phi) is 2.72. The molecule has 1 aromatic rings. The molecule has 0 radical (unpaired) electrons. The number of nitrogens with one attached hydrogen (secondary N) is 1. The molecule has 1 atom stereocenters. The van der Waals surface area contributed by atoms with Crippen LogP contribution in [0.3, 0.4) is 0 Å². The summed E-state index contributed by atoms with van der Waals surface area (Å²) in [5.74, 6) is -0.916. The second-order valence-electron chi connectivity index (χ2n) is 3.21. The molecule has 0 bridgehead atoms. The fourth-order valence-electron chi connectivity index (χ4n) is 1.27. The summed E-state index contributed by atoms with van der Waals surface area (Å²) in [7, 11) is 0. The van der Waals surface area contributed by atoms with Crippen LogP contribution < -0.4 is 0 Å². The van der Waals surface area contributed by atoms with E-state index >= 15 is 0 Å². The van der Waals surface area contributed by atoms with Crippen LogP contribution in [0.2, 0.25) is 0 Å². The number of aromatic amines is 1. The Morgan fingerprint density at radius 1 is 1.69 bits per heavy atom. The smallest absolute Gasteiger partial charge is 0.313 e. The molecular formula is C9H13NO3. The number of carboxylic acids is 1. The monoisotopic (exact) mass is 183 g/mol. The van der Waals surface area contributed by atoms with Gasteiger partial charge < -0.3 is 15.2 Å². The second-order valence-corrected chi connectivity index (χ2v) is 3.21. The first-order valence-corrected chi connectivity index (χ1v) is 4.09. The van der Waals surface area contributed by atoms with Crippen molar-refractivity contribution in [2.24, 2.45) is 0 Å². The van der Waals surface area contributed by atoms with Crippen LogP contribution in [0.4, 0.5) is 0 Å². The highest BCUT2D eigenvalue weighted by Crippen LogP contribution is 2.27. The average Bonchev–Trinajstić information content (AvgIpc) is 2.56. The molecule has 0 amide bonds. The van der Waals surface area contributed by atoms with E-state index in [1.807, 2.05) is 0 Å². The summed E-state index contributed by atoms with van der Waals surface area (Å²) in [6.07, 6.45) is 3.54. The van der Waals surface area contributed by atoms with Crippen LogP contribution in [-0.4, -0.2) is 27.8 Å². The highest BCUT2D eigenvalue weighted by atomic mass is 16.4. The van der Waals surface area contributed by atoms with Gasteiger partial charge >= 0.3 is 5.97 Å². The number of aliphatic carboxylic acids is 1. The summed E-state index contributed by atoms with van der Waals surface area (Å²) in [6.45, 7) is 1.47. The van der Waals surface area contributed by atoms with Crippen LogP contribution >= 0.6 is 0 Å². The molecular weight excluding hydrogens is 170 g/mol. The molecule has 0 saturated heterocycles. The van der Waals surface area contributed by atoms with Gasteiger partial charge in [-0.2, -0.15) is 0 Å². The quantitative estimate of drug-likeness (QED) is 0.644. The fraction of sp³-hybridized carbons (Fsp3) is 0.444. The maximum atomic E-state index is 11.0. The number of aliphatic hydroxyl groups excluding tert-OH is 1. The van der Waals surface area contributed by atoms with Crippen LogP contribution in [-0.2, 0) is 10.2 Å². The molecule has 3 N–H and O–H groups in total.